The number of hydrogen-bond acceptors (Lipinski definition) is 5. The first-order valence-electron chi connectivity index (χ1n) is 10.8. The lowest BCUT2D eigenvalue weighted by atomic mass is 10.1. The van der Waals surface area contributed by atoms with Gasteiger partial charge in [0.1, 0.15) is 0 Å². The van der Waals surface area contributed by atoms with Crippen LogP contribution in [0.1, 0.15) is 32.7 Å². The van der Waals surface area contributed by atoms with Gasteiger partial charge < -0.3 is 25.4 Å². The zero-order valence-corrected chi connectivity index (χ0v) is 20.8. The van der Waals surface area contributed by atoms with Crippen molar-refractivity contribution in [1.29, 1.82) is 0 Å². The molecular formula is C26H28BrN3O4. The average molecular weight is 526 g/mol. The maximum Gasteiger partial charge on any atom is 0.256 e. The lowest BCUT2D eigenvalue weighted by Gasteiger charge is -2.23. The summed E-state index contributed by atoms with van der Waals surface area (Å²) in [6.07, 6.45) is 0.664. The predicted molar refractivity (Wildman–Crippen MR) is 136 cm³/mol. The van der Waals surface area contributed by atoms with E-state index in [4.69, 9.17) is 15.2 Å². The number of amides is 2. The zero-order chi connectivity index (χ0) is 24.5. The minimum atomic E-state index is -0.217. The van der Waals surface area contributed by atoms with E-state index in [0.29, 0.717) is 54.4 Å². The summed E-state index contributed by atoms with van der Waals surface area (Å²) in [5, 5.41) is 2.92. The molecule has 0 fully saturated rings. The molecule has 0 aromatic heterocycles. The van der Waals surface area contributed by atoms with Gasteiger partial charge in [0, 0.05) is 28.8 Å². The van der Waals surface area contributed by atoms with Crippen LogP contribution in [0.2, 0.25) is 0 Å². The van der Waals surface area contributed by atoms with Crippen molar-refractivity contribution in [2.45, 2.75) is 13.0 Å². The molecule has 0 spiro atoms. The molecule has 3 aromatic carbocycles. The van der Waals surface area contributed by atoms with E-state index in [-0.39, 0.29) is 11.8 Å². The first-order chi connectivity index (χ1) is 16.5. The summed E-state index contributed by atoms with van der Waals surface area (Å²) < 4.78 is 11.3. The first kappa shape index (κ1) is 25.3. The van der Waals surface area contributed by atoms with Crippen LogP contribution in [0, 0.1) is 0 Å². The molecule has 3 N–H and O–H groups in total. The summed E-state index contributed by atoms with van der Waals surface area (Å²) in [5.74, 6) is 0.688. The second kappa shape index (κ2) is 12.2. The molecular weight excluding hydrogens is 498 g/mol. The van der Waals surface area contributed by atoms with Gasteiger partial charge in [0.15, 0.2) is 11.5 Å². The number of carbonyl (C=O) groups excluding carboxylic acids is 2. The zero-order valence-electron chi connectivity index (χ0n) is 19.2. The van der Waals surface area contributed by atoms with Crippen LogP contribution in [0.25, 0.3) is 0 Å². The molecule has 0 atom stereocenters. The molecule has 3 rings (SSSR count). The lowest BCUT2D eigenvalue weighted by molar-refractivity contribution is 0.0741. The van der Waals surface area contributed by atoms with Crippen molar-refractivity contribution < 1.29 is 19.1 Å². The second-order valence-electron chi connectivity index (χ2n) is 7.57. The Morgan fingerprint density at radius 3 is 2.44 bits per heavy atom. The van der Waals surface area contributed by atoms with Gasteiger partial charge in [-0.05, 0) is 76.9 Å². The van der Waals surface area contributed by atoms with Crippen molar-refractivity contribution in [2.75, 3.05) is 32.6 Å². The molecule has 2 amide bonds. The van der Waals surface area contributed by atoms with Crippen molar-refractivity contribution in [3.05, 3.63) is 87.9 Å². The average Bonchev–Trinajstić information content (AvgIpc) is 2.86. The van der Waals surface area contributed by atoms with Crippen molar-refractivity contribution in [1.82, 2.24) is 4.90 Å². The highest BCUT2D eigenvalue weighted by Gasteiger charge is 2.18. The minimum Gasteiger partial charge on any atom is -0.493 e. The third-order valence-electron chi connectivity index (χ3n) is 5.23. The van der Waals surface area contributed by atoms with Gasteiger partial charge in [-0.25, -0.2) is 0 Å². The number of nitrogens with one attached hydrogen (secondary N) is 1. The molecule has 0 radical (unpaired) electrons. The fourth-order valence-electron chi connectivity index (χ4n) is 3.50. The maximum absolute atomic E-state index is 13.3. The van der Waals surface area contributed by atoms with Crippen LogP contribution in [-0.2, 0) is 6.54 Å². The summed E-state index contributed by atoms with van der Waals surface area (Å²) in [7, 11) is 3.08. The number of benzene rings is 3. The minimum absolute atomic E-state index is 0.142. The summed E-state index contributed by atoms with van der Waals surface area (Å²) >= 11 is 3.41. The summed E-state index contributed by atoms with van der Waals surface area (Å²) in [4.78, 5) is 27.7. The highest BCUT2D eigenvalue weighted by molar-refractivity contribution is 9.10. The molecule has 0 aliphatic heterocycles. The van der Waals surface area contributed by atoms with Crippen molar-refractivity contribution >= 4 is 33.4 Å². The third kappa shape index (κ3) is 6.36. The van der Waals surface area contributed by atoms with Gasteiger partial charge in [-0.2, -0.15) is 0 Å². The number of nitrogens with two attached hydrogens (primary N) is 1. The second-order valence-corrected chi connectivity index (χ2v) is 8.43. The van der Waals surface area contributed by atoms with E-state index >= 15 is 0 Å². The molecule has 8 heteroatoms. The van der Waals surface area contributed by atoms with Crippen molar-refractivity contribution in [2.24, 2.45) is 5.73 Å². The van der Waals surface area contributed by atoms with Crippen LogP contribution < -0.4 is 20.5 Å². The van der Waals surface area contributed by atoms with E-state index in [9.17, 15) is 9.59 Å². The molecule has 0 unspecified atom stereocenters. The first-order valence-corrected chi connectivity index (χ1v) is 11.6. The fourth-order valence-corrected chi connectivity index (χ4v) is 3.96. The van der Waals surface area contributed by atoms with Crippen LogP contribution in [0.4, 0.5) is 5.69 Å². The van der Waals surface area contributed by atoms with Gasteiger partial charge in [0.2, 0.25) is 0 Å². The number of ether oxygens (including phenoxy) is 2. The number of hydrogen-bond donors (Lipinski definition) is 2. The number of nitrogens with zero attached hydrogens (tertiary/aromatic N) is 1. The van der Waals surface area contributed by atoms with Crippen LogP contribution in [0.5, 0.6) is 11.5 Å². The normalized spacial score (nSPS) is 10.5. The molecule has 0 saturated heterocycles. The summed E-state index contributed by atoms with van der Waals surface area (Å²) in [5.41, 5.74) is 8.28. The van der Waals surface area contributed by atoms with Crippen LogP contribution in [0.15, 0.2) is 71.2 Å². The Morgan fingerprint density at radius 2 is 1.74 bits per heavy atom. The van der Waals surface area contributed by atoms with Gasteiger partial charge in [-0.1, -0.05) is 24.3 Å². The quantitative estimate of drug-likeness (QED) is 0.399. The highest BCUT2D eigenvalue weighted by atomic mass is 79.9. The number of carbonyl (C=O) groups is 2. The molecule has 3 aromatic rings. The van der Waals surface area contributed by atoms with Gasteiger partial charge >= 0.3 is 0 Å². The smallest absolute Gasteiger partial charge is 0.256 e. The van der Waals surface area contributed by atoms with E-state index in [1.54, 1.807) is 36.3 Å². The van der Waals surface area contributed by atoms with Crippen LogP contribution in [-0.4, -0.2) is 44.0 Å². The number of rotatable bonds is 10. The molecule has 34 heavy (non-hydrogen) atoms. The lowest BCUT2D eigenvalue weighted by Crippen LogP contribution is -2.32. The van der Waals surface area contributed by atoms with Crippen LogP contribution in [0.3, 0.4) is 0 Å². The van der Waals surface area contributed by atoms with E-state index in [1.165, 1.54) is 7.11 Å². The Labute approximate surface area is 208 Å². The summed E-state index contributed by atoms with van der Waals surface area (Å²) in [6.45, 7) is 1.33. The van der Waals surface area contributed by atoms with Gasteiger partial charge in [-0.3, -0.25) is 9.59 Å². The monoisotopic (exact) mass is 525 g/mol. The molecule has 0 aliphatic rings. The Bertz CT molecular complexity index is 1150. The third-order valence-corrected chi connectivity index (χ3v) is 5.92. The molecule has 0 bridgehead atoms. The maximum atomic E-state index is 13.3. The molecule has 0 saturated carbocycles. The van der Waals surface area contributed by atoms with Crippen LogP contribution >= 0.6 is 15.9 Å². The van der Waals surface area contributed by atoms with E-state index in [0.717, 1.165) is 10.0 Å². The Morgan fingerprint density at radius 1 is 0.971 bits per heavy atom. The Balaban J connectivity index is 1.79. The van der Waals surface area contributed by atoms with Gasteiger partial charge in [0.05, 0.1) is 19.8 Å². The Kier molecular flexibility index (Phi) is 9.07. The number of anilines is 1. The van der Waals surface area contributed by atoms with Gasteiger partial charge in [-0.15, -0.1) is 0 Å². The summed E-state index contributed by atoms with van der Waals surface area (Å²) in [6, 6.07) is 19.8. The largest absolute Gasteiger partial charge is 0.493 e. The molecule has 0 heterocycles. The van der Waals surface area contributed by atoms with E-state index < -0.39 is 0 Å². The molecule has 178 valence electrons. The van der Waals surface area contributed by atoms with Gasteiger partial charge in [0.25, 0.3) is 11.8 Å². The van der Waals surface area contributed by atoms with Crippen molar-refractivity contribution in [3.8, 4) is 11.5 Å². The predicted octanol–water partition coefficient (Wildman–Crippen LogP) is 4.71. The molecule has 7 nitrogen and oxygen atoms in total. The molecule has 0 aliphatic carbocycles. The topological polar surface area (TPSA) is 93.9 Å². The number of methoxy groups -OCH3 is 2. The van der Waals surface area contributed by atoms with E-state index in [1.807, 2.05) is 42.5 Å². The fraction of sp³-hybridized carbons (Fsp3) is 0.231. The number of halogens is 1. The SMILES string of the molecule is COc1ccc(C(=O)N(CCCN)Cc2cccc(NC(=O)c3ccccc3Br)c2)cc1OC. The van der Waals surface area contributed by atoms with E-state index in [2.05, 4.69) is 21.2 Å². The standard InChI is InChI=1S/C26H28BrN3O4/c1-33-23-12-11-19(16-24(23)34-2)26(32)30(14-6-13-28)17-18-7-5-8-20(15-18)29-25(31)21-9-3-4-10-22(21)27/h3-5,7-12,15-16H,6,13-14,17,28H2,1-2H3,(H,29,31). The highest BCUT2D eigenvalue weighted by Crippen LogP contribution is 2.28. The van der Waals surface area contributed by atoms with Crippen molar-refractivity contribution in [3.63, 3.8) is 0 Å². The Hall–Kier alpha value is -3.36.